The van der Waals surface area contributed by atoms with E-state index in [1.54, 1.807) is 36.3 Å². The number of carbonyl (C=O) groups is 1. The van der Waals surface area contributed by atoms with Gasteiger partial charge in [-0.3, -0.25) is 14.9 Å². The third kappa shape index (κ3) is 4.86. The van der Waals surface area contributed by atoms with Gasteiger partial charge in [0, 0.05) is 48.4 Å². The average molecular weight is 450 g/mol. The van der Waals surface area contributed by atoms with Crippen molar-refractivity contribution in [1.29, 1.82) is 0 Å². The first-order valence-corrected chi connectivity index (χ1v) is 11.1. The quantitative estimate of drug-likeness (QED) is 0.400. The van der Waals surface area contributed by atoms with Crippen molar-refractivity contribution in [2.75, 3.05) is 38.2 Å². The van der Waals surface area contributed by atoms with Gasteiger partial charge in [-0.1, -0.05) is 30.0 Å². The van der Waals surface area contributed by atoms with Crippen LogP contribution in [0.1, 0.15) is 10.4 Å². The molecule has 164 valence electrons. The molecule has 0 spiro atoms. The fourth-order valence-electron chi connectivity index (χ4n) is 3.64. The van der Waals surface area contributed by atoms with E-state index in [-0.39, 0.29) is 11.6 Å². The van der Waals surface area contributed by atoms with Gasteiger partial charge in [0.25, 0.3) is 11.6 Å². The number of para-hydroxylation sites is 1. The molecule has 0 radical (unpaired) electrons. The molecule has 1 heterocycles. The summed E-state index contributed by atoms with van der Waals surface area (Å²) in [6.45, 7) is 2.60. The van der Waals surface area contributed by atoms with Crippen molar-refractivity contribution in [2.24, 2.45) is 0 Å². The smallest absolute Gasteiger partial charge is 0.284 e. The molecule has 1 amide bonds. The highest BCUT2D eigenvalue weighted by Crippen LogP contribution is 2.36. The molecule has 4 rings (SSSR count). The Kier molecular flexibility index (Phi) is 6.61. The minimum atomic E-state index is -0.435. The summed E-state index contributed by atoms with van der Waals surface area (Å²) in [5.41, 5.74) is 1.40. The van der Waals surface area contributed by atoms with Gasteiger partial charge in [-0.15, -0.1) is 0 Å². The Morgan fingerprint density at radius 2 is 1.66 bits per heavy atom. The second-order valence-electron chi connectivity index (χ2n) is 7.33. The first-order valence-electron chi connectivity index (χ1n) is 10.2. The molecule has 0 aliphatic carbocycles. The number of methoxy groups -OCH3 is 1. The Bertz CT molecular complexity index is 1100. The predicted octanol–water partition coefficient (Wildman–Crippen LogP) is 4.72. The van der Waals surface area contributed by atoms with E-state index in [1.165, 1.54) is 17.8 Å². The van der Waals surface area contributed by atoms with Crippen LogP contribution in [0.5, 0.6) is 5.75 Å². The van der Waals surface area contributed by atoms with Crippen LogP contribution in [-0.2, 0) is 0 Å². The Balaban J connectivity index is 1.47. The minimum absolute atomic E-state index is 0.0698. The van der Waals surface area contributed by atoms with Crippen molar-refractivity contribution in [3.63, 3.8) is 0 Å². The highest BCUT2D eigenvalue weighted by atomic mass is 32.2. The van der Waals surface area contributed by atoms with Crippen LogP contribution < -0.4 is 9.64 Å². The zero-order chi connectivity index (χ0) is 22.5. The highest BCUT2D eigenvalue weighted by molar-refractivity contribution is 7.99. The summed E-state index contributed by atoms with van der Waals surface area (Å²) in [5.74, 6) is 0.541. The van der Waals surface area contributed by atoms with Crippen LogP contribution in [0.15, 0.2) is 82.6 Å². The van der Waals surface area contributed by atoms with Crippen molar-refractivity contribution in [2.45, 2.75) is 9.79 Å². The van der Waals surface area contributed by atoms with Crippen LogP contribution in [0, 0.1) is 10.1 Å². The van der Waals surface area contributed by atoms with Crippen molar-refractivity contribution in [3.8, 4) is 5.75 Å². The van der Waals surface area contributed by atoms with E-state index in [4.69, 9.17) is 4.74 Å². The summed E-state index contributed by atoms with van der Waals surface area (Å²) < 4.78 is 5.15. The number of nitro benzene ring substituents is 1. The van der Waals surface area contributed by atoms with E-state index in [9.17, 15) is 14.9 Å². The van der Waals surface area contributed by atoms with Gasteiger partial charge in [0.2, 0.25) is 0 Å². The van der Waals surface area contributed by atoms with Gasteiger partial charge >= 0.3 is 0 Å². The number of carbonyl (C=O) groups excluding carboxylic acids is 1. The molecule has 0 N–H and O–H groups in total. The van der Waals surface area contributed by atoms with Gasteiger partial charge in [0.15, 0.2) is 0 Å². The maximum Gasteiger partial charge on any atom is 0.284 e. The Morgan fingerprint density at radius 1 is 0.969 bits per heavy atom. The van der Waals surface area contributed by atoms with Gasteiger partial charge in [-0.2, -0.15) is 0 Å². The monoisotopic (exact) mass is 449 g/mol. The number of rotatable bonds is 6. The van der Waals surface area contributed by atoms with E-state index >= 15 is 0 Å². The number of nitrogens with zero attached hydrogens (tertiary/aromatic N) is 3. The number of hydrogen-bond donors (Lipinski definition) is 0. The lowest BCUT2D eigenvalue weighted by atomic mass is 10.1. The maximum atomic E-state index is 13.0. The van der Waals surface area contributed by atoms with Crippen LogP contribution in [-0.4, -0.2) is 49.0 Å². The lowest BCUT2D eigenvalue weighted by molar-refractivity contribution is -0.387. The van der Waals surface area contributed by atoms with Gasteiger partial charge in [0.05, 0.1) is 16.9 Å². The molecule has 8 heteroatoms. The number of ether oxygens (including phenoxy) is 1. The lowest BCUT2D eigenvalue weighted by Crippen LogP contribution is -2.48. The molecule has 0 atom stereocenters. The molecular weight excluding hydrogens is 426 g/mol. The SMILES string of the molecule is COc1ccc(Sc2ccc(C(=O)N3CCN(c4ccccc4)CC3)cc2[N+](=O)[O-])cc1. The normalized spacial score (nSPS) is 13.7. The minimum Gasteiger partial charge on any atom is -0.497 e. The van der Waals surface area contributed by atoms with Crippen LogP contribution in [0.3, 0.4) is 0 Å². The molecule has 7 nitrogen and oxygen atoms in total. The van der Waals surface area contributed by atoms with E-state index in [0.29, 0.717) is 23.5 Å². The molecule has 32 heavy (non-hydrogen) atoms. The van der Waals surface area contributed by atoms with Gasteiger partial charge in [0.1, 0.15) is 5.75 Å². The lowest BCUT2D eigenvalue weighted by Gasteiger charge is -2.36. The number of amides is 1. The number of nitro groups is 1. The van der Waals surface area contributed by atoms with E-state index in [2.05, 4.69) is 17.0 Å². The van der Waals surface area contributed by atoms with E-state index in [0.717, 1.165) is 29.4 Å². The molecule has 1 fully saturated rings. The molecule has 3 aromatic carbocycles. The summed E-state index contributed by atoms with van der Waals surface area (Å²) >= 11 is 1.29. The predicted molar refractivity (Wildman–Crippen MR) is 125 cm³/mol. The number of piperazine rings is 1. The first kappa shape index (κ1) is 21.7. The van der Waals surface area contributed by atoms with Crippen LogP contribution >= 0.6 is 11.8 Å². The molecule has 0 saturated carbocycles. The summed E-state index contributed by atoms with van der Waals surface area (Å²) in [5, 5.41) is 11.7. The van der Waals surface area contributed by atoms with Crippen LogP contribution in [0.25, 0.3) is 0 Å². The number of anilines is 1. The maximum absolute atomic E-state index is 13.0. The second kappa shape index (κ2) is 9.74. The summed E-state index contributed by atoms with van der Waals surface area (Å²) in [6, 6.07) is 22.1. The Morgan fingerprint density at radius 3 is 2.28 bits per heavy atom. The summed E-state index contributed by atoms with van der Waals surface area (Å²) in [7, 11) is 1.59. The Hall–Kier alpha value is -3.52. The first-order chi connectivity index (χ1) is 15.5. The van der Waals surface area contributed by atoms with E-state index in [1.807, 2.05) is 30.3 Å². The fourth-order valence-corrected chi connectivity index (χ4v) is 4.54. The zero-order valence-electron chi connectivity index (χ0n) is 17.6. The highest BCUT2D eigenvalue weighted by Gasteiger charge is 2.25. The second-order valence-corrected chi connectivity index (χ2v) is 8.45. The van der Waals surface area contributed by atoms with Crippen molar-refractivity contribution < 1.29 is 14.5 Å². The number of benzene rings is 3. The molecule has 1 saturated heterocycles. The average Bonchev–Trinajstić information content (AvgIpc) is 2.85. The van der Waals surface area contributed by atoms with E-state index < -0.39 is 4.92 Å². The molecule has 0 aromatic heterocycles. The molecule has 1 aliphatic heterocycles. The third-order valence-electron chi connectivity index (χ3n) is 5.38. The standard InChI is InChI=1S/C24H23N3O4S/c1-31-20-8-10-21(11-9-20)32-23-12-7-18(17-22(23)27(29)30)24(28)26-15-13-25(14-16-26)19-5-3-2-4-6-19/h2-12,17H,13-16H2,1H3. The van der Waals surface area contributed by atoms with Gasteiger partial charge in [-0.25, -0.2) is 0 Å². The molecule has 0 bridgehead atoms. The van der Waals surface area contributed by atoms with Gasteiger partial charge in [-0.05, 0) is 48.5 Å². The fraction of sp³-hybridized carbons (Fsp3) is 0.208. The molecule has 1 aliphatic rings. The van der Waals surface area contributed by atoms with Crippen LogP contribution in [0.4, 0.5) is 11.4 Å². The topological polar surface area (TPSA) is 75.9 Å². The summed E-state index contributed by atoms with van der Waals surface area (Å²) in [6.07, 6.45) is 0. The zero-order valence-corrected chi connectivity index (χ0v) is 18.5. The van der Waals surface area contributed by atoms with Crippen molar-refractivity contribution >= 4 is 29.0 Å². The van der Waals surface area contributed by atoms with Crippen molar-refractivity contribution in [3.05, 3.63) is 88.5 Å². The third-order valence-corrected chi connectivity index (χ3v) is 6.45. The Labute approximate surface area is 190 Å². The van der Waals surface area contributed by atoms with Gasteiger partial charge < -0.3 is 14.5 Å². The largest absolute Gasteiger partial charge is 0.497 e. The number of hydrogen-bond acceptors (Lipinski definition) is 6. The van der Waals surface area contributed by atoms with Crippen molar-refractivity contribution in [1.82, 2.24) is 4.90 Å². The van der Waals surface area contributed by atoms with Crippen LogP contribution in [0.2, 0.25) is 0 Å². The summed E-state index contributed by atoms with van der Waals surface area (Å²) in [4.78, 5) is 29.6. The molecular formula is C24H23N3O4S. The molecule has 0 unspecified atom stereocenters. The molecule has 3 aromatic rings.